The zero-order valence-electron chi connectivity index (χ0n) is 13.0. The van der Waals surface area contributed by atoms with E-state index in [1.165, 1.54) is 0 Å². The number of hydrogen-bond acceptors (Lipinski definition) is 5. The van der Waals surface area contributed by atoms with Crippen LogP contribution in [0.2, 0.25) is 0 Å². The predicted molar refractivity (Wildman–Crippen MR) is 84.0 cm³/mol. The van der Waals surface area contributed by atoms with Gasteiger partial charge in [0.05, 0.1) is 32.0 Å². The first-order valence-electron chi connectivity index (χ1n) is 7.72. The highest BCUT2D eigenvalue weighted by Gasteiger charge is 2.31. The molecule has 0 saturated carbocycles. The first kappa shape index (κ1) is 16.0. The van der Waals surface area contributed by atoms with Gasteiger partial charge in [0.2, 0.25) is 5.91 Å². The molecule has 1 aliphatic heterocycles. The van der Waals surface area contributed by atoms with Crippen LogP contribution >= 0.6 is 0 Å². The molecule has 0 radical (unpaired) electrons. The van der Waals surface area contributed by atoms with Crippen LogP contribution in [-0.4, -0.2) is 48.1 Å². The van der Waals surface area contributed by atoms with E-state index >= 15 is 0 Å². The quantitative estimate of drug-likeness (QED) is 0.774. The van der Waals surface area contributed by atoms with Gasteiger partial charge in [0.15, 0.2) is 0 Å². The highest BCUT2D eigenvalue weighted by Crippen LogP contribution is 2.22. The average molecular weight is 319 g/mol. The normalized spacial score (nSPS) is 24.7. The third-order valence-electron chi connectivity index (χ3n) is 4.22. The standard InChI is InChI=1S/C17H21NO5/c1-10-2-3-13-11(8-23-15(13)4-10)5-16(20)18-6-12-7-22-9-14(19)17(12)21/h2-4,8,12,14,17,19,21H,5-7,9H2,1H3,(H,18,20)/t12-,14-,17+/m1/s1. The van der Waals surface area contributed by atoms with Gasteiger partial charge in [-0.25, -0.2) is 0 Å². The van der Waals surface area contributed by atoms with Gasteiger partial charge in [-0.15, -0.1) is 0 Å². The van der Waals surface area contributed by atoms with E-state index in [1.807, 2.05) is 25.1 Å². The highest BCUT2D eigenvalue weighted by molar-refractivity contribution is 5.87. The van der Waals surface area contributed by atoms with Gasteiger partial charge in [-0.3, -0.25) is 4.79 Å². The van der Waals surface area contributed by atoms with Crippen molar-refractivity contribution in [3.8, 4) is 0 Å². The maximum absolute atomic E-state index is 12.1. The Morgan fingerprint density at radius 3 is 3.00 bits per heavy atom. The summed E-state index contributed by atoms with van der Waals surface area (Å²) in [7, 11) is 0. The highest BCUT2D eigenvalue weighted by atomic mass is 16.5. The fourth-order valence-corrected chi connectivity index (χ4v) is 2.84. The topological polar surface area (TPSA) is 91.9 Å². The van der Waals surface area contributed by atoms with E-state index in [2.05, 4.69) is 5.32 Å². The van der Waals surface area contributed by atoms with Gasteiger partial charge in [-0.2, -0.15) is 0 Å². The summed E-state index contributed by atoms with van der Waals surface area (Å²) in [6, 6.07) is 5.87. The molecule has 124 valence electrons. The lowest BCUT2D eigenvalue weighted by atomic mass is 9.96. The summed E-state index contributed by atoms with van der Waals surface area (Å²) in [4.78, 5) is 12.1. The van der Waals surface area contributed by atoms with Crippen molar-refractivity contribution in [3.05, 3.63) is 35.6 Å². The van der Waals surface area contributed by atoms with Gasteiger partial charge in [0, 0.05) is 23.4 Å². The summed E-state index contributed by atoms with van der Waals surface area (Å²) < 4.78 is 10.7. The van der Waals surface area contributed by atoms with Crippen LogP contribution in [0.3, 0.4) is 0 Å². The molecule has 2 aromatic rings. The Hall–Kier alpha value is -1.89. The van der Waals surface area contributed by atoms with Gasteiger partial charge in [-0.1, -0.05) is 12.1 Å². The van der Waals surface area contributed by atoms with Gasteiger partial charge in [-0.05, 0) is 18.6 Å². The van der Waals surface area contributed by atoms with Crippen LogP contribution < -0.4 is 5.32 Å². The minimum atomic E-state index is -0.897. The lowest BCUT2D eigenvalue weighted by molar-refractivity contribution is -0.127. The number of fused-ring (bicyclic) bond motifs is 1. The molecule has 6 nitrogen and oxygen atoms in total. The molecule has 1 aromatic heterocycles. The van der Waals surface area contributed by atoms with E-state index in [1.54, 1.807) is 6.26 Å². The number of ether oxygens (including phenoxy) is 1. The number of carbonyl (C=O) groups is 1. The Morgan fingerprint density at radius 2 is 2.17 bits per heavy atom. The lowest BCUT2D eigenvalue weighted by Gasteiger charge is -2.31. The Labute approximate surface area is 134 Å². The SMILES string of the molecule is Cc1ccc2c(CC(=O)NC[C@@H]3COC[C@@H](O)[C@H]3O)coc2c1. The summed E-state index contributed by atoms with van der Waals surface area (Å²) in [5, 5.41) is 23.2. The van der Waals surface area contributed by atoms with Crippen LogP contribution in [0.15, 0.2) is 28.9 Å². The molecule has 2 heterocycles. The fourth-order valence-electron chi connectivity index (χ4n) is 2.84. The molecule has 3 atom stereocenters. The number of rotatable bonds is 4. The molecule has 1 aromatic carbocycles. The van der Waals surface area contributed by atoms with E-state index in [9.17, 15) is 15.0 Å². The molecule has 1 aliphatic rings. The molecule has 1 amide bonds. The van der Waals surface area contributed by atoms with Crippen LogP contribution in [0.5, 0.6) is 0 Å². The Bertz CT molecular complexity index is 695. The Kier molecular flexibility index (Phi) is 4.66. The first-order valence-corrected chi connectivity index (χ1v) is 7.72. The number of furan rings is 1. The summed E-state index contributed by atoms with van der Waals surface area (Å²) in [6.07, 6.45) is 0.0439. The molecule has 3 N–H and O–H groups in total. The van der Waals surface area contributed by atoms with Crippen molar-refractivity contribution in [1.29, 1.82) is 0 Å². The minimum absolute atomic E-state index is 0.131. The van der Waals surface area contributed by atoms with Crippen LogP contribution in [0.25, 0.3) is 11.0 Å². The van der Waals surface area contributed by atoms with E-state index in [4.69, 9.17) is 9.15 Å². The van der Waals surface area contributed by atoms with Crippen LogP contribution in [0.1, 0.15) is 11.1 Å². The number of hydrogen-bond donors (Lipinski definition) is 3. The van der Waals surface area contributed by atoms with Crippen molar-refractivity contribution in [2.45, 2.75) is 25.6 Å². The number of benzene rings is 1. The van der Waals surface area contributed by atoms with E-state index in [0.29, 0.717) is 6.61 Å². The van der Waals surface area contributed by atoms with Gasteiger partial charge < -0.3 is 24.7 Å². The fraction of sp³-hybridized carbons (Fsp3) is 0.471. The van der Waals surface area contributed by atoms with Crippen molar-refractivity contribution >= 4 is 16.9 Å². The number of aliphatic hydroxyl groups excluding tert-OH is 2. The lowest BCUT2D eigenvalue weighted by Crippen LogP contribution is -2.48. The maximum atomic E-state index is 12.1. The number of aryl methyl sites for hydroxylation is 1. The molecule has 23 heavy (non-hydrogen) atoms. The smallest absolute Gasteiger partial charge is 0.224 e. The molecule has 0 spiro atoms. The summed E-state index contributed by atoms with van der Waals surface area (Å²) in [6.45, 7) is 2.71. The summed E-state index contributed by atoms with van der Waals surface area (Å²) in [5.41, 5.74) is 2.71. The van der Waals surface area contributed by atoms with E-state index in [-0.39, 0.29) is 31.4 Å². The zero-order chi connectivity index (χ0) is 16.4. The zero-order valence-corrected chi connectivity index (χ0v) is 13.0. The largest absolute Gasteiger partial charge is 0.464 e. The van der Waals surface area contributed by atoms with Crippen molar-refractivity contribution in [1.82, 2.24) is 5.32 Å². The van der Waals surface area contributed by atoms with Crippen molar-refractivity contribution < 1.29 is 24.2 Å². The van der Waals surface area contributed by atoms with Crippen LogP contribution in [0, 0.1) is 12.8 Å². The van der Waals surface area contributed by atoms with E-state index < -0.39 is 12.2 Å². The van der Waals surface area contributed by atoms with Gasteiger partial charge in [0.25, 0.3) is 0 Å². The average Bonchev–Trinajstić information content (AvgIpc) is 2.91. The minimum Gasteiger partial charge on any atom is -0.464 e. The maximum Gasteiger partial charge on any atom is 0.224 e. The second kappa shape index (κ2) is 6.70. The molecule has 0 unspecified atom stereocenters. The van der Waals surface area contributed by atoms with Gasteiger partial charge >= 0.3 is 0 Å². The molecule has 0 aliphatic carbocycles. The Balaban J connectivity index is 1.58. The third kappa shape index (κ3) is 3.55. The monoisotopic (exact) mass is 319 g/mol. The Morgan fingerprint density at radius 1 is 1.35 bits per heavy atom. The number of aliphatic hydroxyl groups is 2. The van der Waals surface area contributed by atoms with E-state index in [0.717, 1.165) is 22.1 Å². The summed E-state index contributed by atoms with van der Waals surface area (Å²) in [5.74, 6) is -0.452. The van der Waals surface area contributed by atoms with Crippen LogP contribution in [0.4, 0.5) is 0 Å². The molecule has 0 bridgehead atoms. The molecule has 3 rings (SSSR count). The van der Waals surface area contributed by atoms with Crippen LogP contribution in [-0.2, 0) is 16.0 Å². The molecule has 6 heteroatoms. The van der Waals surface area contributed by atoms with Gasteiger partial charge in [0.1, 0.15) is 11.7 Å². The van der Waals surface area contributed by atoms with Crippen molar-refractivity contribution in [3.63, 3.8) is 0 Å². The first-order chi connectivity index (χ1) is 11.0. The second-order valence-electron chi connectivity index (χ2n) is 6.10. The predicted octanol–water partition coefficient (Wildman–Crippen LogP) is 0.768. The number of nitrogens with one attached hydrogen (secondary N) is 1. The number of carbonyl (C=O) groups excluding carboxylic acids is 1. The molecule has 1 saturated heterocycles. The molecular weight excluding hydrogens is 298 g/mol. The van der Waals surface area contributed by atoms with Crippen molar-refractivity contribution in [2.75, 3.05) is 19.8 Å². The van der Waals surface area contributed by atoms with Crippen molar-refractivity contribution in [2.24, 2.45) is 5.92 Å². The molecular formula is C17H21NO5. The summed E-state index contributed by atoms with van der Waals surface area (Å²) >= 11 is 0. The second-order valence-corrected chi connectivity index (χ2v) is 6.10. The third-order valence-corrected chi connectivity index (χ3v) is 4.22. The number of amides is 1. The molecule has 1 fully saturated rings.